The minimum absolute atomic E-state index is 0.0000818. The molecule has 0 fully saturated rings. The molecule has 0 saturated heterocycles. The Hall–Kier alpha value is -4.24. The minimum Gasteiger partial charge on any atom is -0.467 e. The molecular weight excluding hydrogens is 410 g/mol. The molecular formula is C19H17N5O7. The molecule has 1 aromatic carbocycles. The first-order valence-corrected chi connectivity index (χ1v) is 8.85. The van der Waals surface area contributed by atoms with Gasteiger partial charge in [-0.1, -0.05) is 0 Å². The van der Waals surface area contributed by atoms with Crippen LogP contribution in [0.25, 0.3) is 0 Å². The molecule has 1 N–H and O–H groups in total. The molecule has 0 saturated carbocycles. The summed E-state index contributed by atoms with van der Waals surface area (Å²) in [4.78, 5) is 26.8. The summed E-state index contributed by atoms with van der Waals surface area (Å²) >= 11 is 0. The van der Waals surface area contributed by atoms with Crippen LogP contribution in [0.5, 0.6) is 17.4 Å². The number of amides is 1. The predicted molar refractivity (Wildman–Crippen MR) is 105 cm³/mol. The number of pyridine rings is 1. The van der Waals surface area contributed by atoms with Crippen molar-refractivity contribution in [3.8, 4) is 23.4 Å². The van der Waals surface area contributed by atoms with Gasteiger partial charge in [0, 0.05) is 18.4 Å². The summed E-state index contributed by atoms with van der Waals surface area (Å²) in [5, 5.41) is 24.3. The summed E-state index contributed by atoms with van der Waals surface area (Å²) in [6.45, 7) is 1.40. The number of aryl methyl sites for hydroxylation is 1. The molecule has 2 heterocycles. The number of nitriles is 1. The highest BCUT2D eigenvalue weighted by Crippen LogP contribution is 2.37. The Bertz CT molecular complexity index is 1090. The normalized spacial score (nSPS) is 11.9. The molecule has 1 aromatic heterocycles. The standard InChI is InChI=1S/C19H17N5O7/c1-11-3-13(8-28-2)14(6-20)19(22-11)29-9-18(25)23-21-7-12-4-16-17(31-10-30-16)5-15(12)24(26)27/h3-5,7H,8-10H2,1-2H3,(H,23,25)/b21-7+. The van der Waals surface area contributed by atoms with E-state index in [0.29, 0.717) is 17.0 Å². The fourth-order valence-electron chi connectivity index (χ4n) is 2.75. The number of methoxy groups -OCH3 is 1. The fourth-order valence-corrected chi connectivity index (χ4v) is 2.75. The zero-order chi connectivity index (χ0) is 22.4. The number of fused-ring (bicyclic) bond motifs is 1. The molecule has 2 aromatic rings. The zero-order valence-corrected chi connectivity index (χ0v) is 16.6. The van der Waals surface area contributed by atoms with Crippen molar-refractivity contribution >= 4 is 17.8 Å². The Morgan fingerprint density at radius 1 is 1.42 bits per heavy atom. The lowest BCUT2D eigenvalue weighted by atomic mass is 10.1. The Morgan fingerprint density at radius 3 is 2.84 bits per heavy atom. The van der Waals surface area contributed by atoms with E-state index < -0.39 is 17.4 Å². The molecule has 31 heavy (non-hydrogen) atoms. The van der Waals surface area contributed by atoms with E-state index in [0.717, 1.165) is 6.21 Å². The molecule has 3 rings (SSSR count). The number of hydrogen-bond acceptors (Lipinski definition) is 10. The summed E-state index contributed by atoms with van der Waals surface area (Å²) in [5.41, 5.74) is 3.41. The average Bonchev–Trinajstić information content (AvgIpc) is 3.19. The molecule has 0 atom stereocenters. The zero-order valence-electron chi connectivity index (χ0n) is 16.6. The maximum absolute atomic E-state index is 12.0. The van der Waals surface area contributed by atoms with E-state index in [4.69, 9.17) is 18.9 Å². The molecule has 1 amide bonds. The van der Waals surface area contributed by atoms with Gasteiger partial charge in [-0.05, 0) is 19.1 Å². The van der Waals surface area contributed by atoms with Crippen LogP contribution in [0.4, 0.5) is 5.69 Å². The van der Waals surface area contributed by atoms with Gasteiger partial charge in [-0.3, -0.25) is 14.9 Å². The van der Waals surface area contributed by atoms with Crippen LogP contribution in [0.2, 0.25) is 0 Å². The van der Waals surface area contributed by atoms with Crippen molar-refractivity contribution in [1.82, 2.24) is 10.4 Å². The van der Waals surface area contributed by atoms with E-state index in [1.165, 1.54) is 19.2 Å². The van der Waals surface area contributed by atoms with Crippen LogP contribution in [-0.4, -0.2) is 42.5 Å². The van der Waals surface area contributed by atoms with Crippen molar-refractivity contribution in [2.45, 2.75) is 13.5 Å². The van der Waals surface area contributed by atoms with Crippen molar-refractivity contribution < 1.29 is 28.7 Å². The quantitative estimate of drug-likeness (QED) is 0.375. The van der Waals surface area contributed by atoms with Crippen molar-refractivity contribution in [3.05, 3.63) is 50.7 Å². The van der Waals surface area contributed by atoms with Crippen LogP contribution in [0.3, 0.4) is 0 Å². The fraction of sp³-hybridized carbons (Fsp3) is 0.263. The maximum atomic E-state index is 12.0. The van der Waals surface area contributed by atoms with E-state index in [1.54, 1.807) is 13.0 Å². The Kier molecular flexibility index (Phi) is 6.58. The number of carbonyl (C=O) groups is 1. The lowest BCUT2D eigenvalue weighted by molar-refractivity contribution is -0.385. The lowest BCUT2D eigenvalue weighted by Gasteiger charge is -2.10. The first-order chi connectivity index (χ1) is 14.9. The van der Waals surface area contributed by atoms with Crippen LogP contribution in [0.1, 0.15) is 22.4 Å². The van der Waals surface area contributed by atoms with Crippen molar-refractivity contribution in [2.24, 2.45) is 5.10 Å². The van der Waals surface area contributed by atoms with Gasteiger partial charge in [0.25, 0.3) is 11.6 Å². The Morgan fingerprint density at radius 2 is 2.16 bits per heavy atom. The number of hydrazone groups is 1. The highest BCUT2D eigenvalue weighted by atomic mass is 16.7. The monoisotopic (exact) mass is 427 g/mol. The number of hydrogen-bond donors (Lipinski definition) is 1. The molecule has 0 unspecified atom stereocenters. The van der Waals surface area contributed by atoms with Gasteiger partial charge in [-0.2, -0.15) is 10.4 Å². The van der Waals surface area contributed by atoms with Crippen LogP contribution in [0, 0.1) is 28.4 Å². The average molecular weight is 427 g/mol. The van der Waals surface area contributed by atoms with Gasteiger partial charge >= 0.3 is 0 Å². The molecule has 1 aliphatic heterocycles. The van der Waals surface area contributed by atoms with Crippen LogP contribution in [0.15, 0.2) is 23.3 Å². The number of rotatable bonds is 8. The number of nitro benzene ring substituents is 1. The summed E-state index contributed by atoms with van der Waals surface area (Å²) in [5.74, 6) is -0.0589. The number of nitro groups is 1. The van der Waals surface area contributed by atoms with Gasteiger partial charge < -0.3 is 18.9 Å². The highest BCUT2D eigenvalue weighted by molar-refractivity contribution is 5.88. The minimum atomic E-state index is -0.653. The van der Waals surface area contributed by atoms with Crippen molar-refractivity contribution in [3.63, 3.8) is 0 Å². The summed E-state index contributed by atoms with van der Waals surface area (Å²) in [7, 11) is 1.49. The smallest absolute Gasteiger partial charge is 0.282 e. The third-order valence-electron chi connectivity index (χ3n) is 4.06. The third kappa shape index (κ3) is 5.03. The number of nitrogens with zero attached hydrogens (tertiary/aromatic N) is 4. The van der Waals surface area contributed by atoms with E-state index in [-0.39, 0.29) is 41.8 Å². The van der Waals surface area contributed by atoms with Gasteiger partial charge in [0.15, 0.2) is 18.1 Å². The number of aromatic nitrogens is 1. The first-order valence-electron chi connectivity index (χ1n) is 8.85. The molecule has 12 nitrogen and oxygen atoms in total. The molecule has 1 aliphatic rings. The van der Waals surface area contributed by atoms with Gasteiger partial charge in [-0.25, -0.2) is 10.4 Å². The van der Waals surface area contributed by atoms with Gasteiger partial charge in [-0.15, -0.1) is 0 Å². The number of benzene rings is 1. The summed E-state index contributed by atoms with van der Waals surface area (Å²) in [6.07, 6.45) is 1.11. The molecule has 0 bridgehead atoms. The molecule has 160 valence electrons. The van der Waals surface area contributed by atoms with Crippen LogP contribution < -0.4 is 19.6 Å². The molecule has 12 heteroatoms. The van der Waals surface area contributed by atoms with Crippen molar-refractivity contribution in [2.75, 3.05) is 20.5 Å². The van der Waals surface area contributed by atoms with E-state index in [2.05, 4.69) is 15.5 Å². The number of carbonyl (C=O) groups excluding carboxylic acids is 1. The van der Waals surface area contributed by atoms with Gasteiger partial charge in [0.2, 0.25) is 12.7 Å². The second-order valence-electron chi connectivity index (χ2n) is 6.25. The topological polar surface area (TPSA) is 158 Å². The number of nitrogens with one attached hydrogen (secondary N) is 1. The predicted octanol–water partition coefficient (Wildman–Crippen LogP) is 1.57. The second kappa shape index (κ2) is 9.51. The van der Waals surface area contributed by atoms with Gasteiger partial charge in [0.1, 0.15) is 11.6 Å². The van der Waals surface area contributed by atoms with E-state index in [1.807, 2.05) is 6.07 Å². The van der Waals surface area contributed by atoms with E-state index >= 15 is 0 Å². The summed E-state index contributed by atoms with van der Waals surface area (Å²) < 4.78 is 20.7. The Balaban J connectivity index is 1.66. The summed E-state index contributed by atoms with van der Waals surface area (Å²) in [6, 6.07) is 6.29. The lowest BCUT2D eigenvalue weighted by Crippen LogP contribution is -2.25. The molecule has 0 radical (unpaired) electrons. The first kappa shape index (κ1) is 21.5. The largest absolute Gasteiger partial charge is 0.467 e. The number of ether oxygens (including phenoxy) is 4. The van der Waals surface area contributed by atoms with Crippen molar-refractivity contribution in [1.29, 1.82) is 5.26 Å². The van der Waals surface area contributed by atoms with Gasteiger partial charge in [0.05, 0.1) is 29.4 Å². The maximum Gasteiger partial charge on any atom is 0.282 e. The highest BCUT2D eigenvalue weighted by Gasteiger charge is 2.22. The molecule has 0 spiro atoms. The SMILES string of the molecule is COCc1cc(C)nc(OCC(=O)N/N=C/c2cc3c(cc2[N+](=O)[O-])OCO3)c1C#N. The van der Waals surface area contributed by atoms with Crippen LogP contribution in [-0.2, 0) is 16.1 Å². The van der Waals surface area contributed by atoms with E-state index in [9.17, 15) is 20.2 Å². The third-order valence-corrected chi connectivity index (χ3v) is 4.06. The van der Waals surface area contributed by atoms with Crippen LogP contribution >= 0.6 is 0 Å². The molecule has 0 aliphatic carbocycles. The second-order valence-corrected chi connectivity index (χ2v) is 6.25. The Labute approximate surface area is 176 Å².